The van der Waals surface area contributed by atoms with Crippen LogP contribution in [-0.2, 0) is 10.0 Å². The van der Waals surface area contributed by atoms with E-state index in [1.807, 2.05) is 46.3 Å². The molecule has 0 fully saturated rings. The van der Waals surface area contributed by atoms with Gasteiger partial charge in [-0.05, 0) is 18.2 Å². The van der Waals surface area contributed by atoms with Crippen LogP contribution in [0.15, 0.2) is 83.3 Å². The van der Waals surface area contributed by atoms with Crippen LogP contribution in [0.1, 0.15) is 0 Å². The molecule has 0 saturated carbocycles. The van der Waals surface area contributed by atoms with E-state index in [0.29, 0.717) is 11.6 Å². The number of nitrogens with zero attached hydrogens (tertiary/aromatic N) is 4. The molecule has 0 amide bonds. The maximum absolute atomic E-state index is 13.8. The van der Waals surface area contributed by atoms with Gasteiger partial charge in [0, 0.05) is 36.4 Å². The Kier molecular flexibility index (Phi) is 6.05. The standard InChI is InChI=1S/C23H19FN6O2S2/c24-17-8-4-5-9-19(17)34(31,32)27-13-12-26-22-25-11-10-18(28-22)21-20(16-6-2-1-3-7-16)29-23-30(21)14-15-33-23/h1-11,14-15,27H,12-13H2,(H,25,26,28). The number of anilines is 1. The highest BCUT2D eigenvalue weighted by Gasteiger charge is 2.19. The topological polar surface area (TPSA) is 101 Å². The second kappa shape index (κ2) is 9.29. The molecule has 8 nitrogen and oxygen atoms in total. The zero-order valence-electron chi connectivity index (χ0n) is 17.7. The maximum Gasteiger partial charge on any atom is 0.243 e. The largest absolute Gasteiger partial charge is 0.353 e. The van der Waals surface area contributed by atoms with Crippen molar-refractivity contribution in [1.82, 2.24) is 24.1 Å². The van der Waals surface area contributed by atoms with Crippen LogP contribution in [-0.4, -0.2) is 40.9 Å². The first-order valence-corrected chi connectivity index (χ1v) is 12.7. The first-order valence-electron chi connectivity index (χ1n) is 10.4. The van der Waals surface area contributed by atoms with Gasteiger partial charge >= 0.3 is 0 Å². The first kappa shape index (κ1) is 22.1. The second-order valence-corrected chi connectivity index (χ2v) is 9.86. The van der Waals surface area contributed by atoms with E-state index >= 15 is 0 Å². The Balaban J connectivity index is 1.34. The molecule has 2 aromatic carbocycles. The molecule has 0 atom stereocenters. The average Bonchev–Trinajstić information content (AvgIpc) is 3.44. The summed E-state index contributed by atoms with van der Waals surface area (Å²) in [6, 6.07) is 16.9. The molecular weight excluding hydrogens is 475 g/mol. The number of benzene rings is 2. The number of aromatic nitrogens is 4. The van der Waals surface area contributed by atoms with Gasteiger partial charge in [-0.3, -0.25) is 4.40 Å². The Hall–Kier alpha value is -3.67. The molecule has 0 aliphatic carbocycles. The van der Waals surface area contributed by atoms with E-state index in [1.54, 1.807) is 12.3 Å². The van der Waals surface area contributed by atoms with Gasteiger partial charge in [-0.1, -0.05) is 42.5 Å². The van der Waals surface area contributed by atoms with Crippen LogP contribution in [0, 0.1) is 5.82 Å². The van der Waals surface area contributed by atoms with Crippen molar-refractivity contribution in [2.75, 3.05) is 18.4 Å². The molecule has 5 aromatic rings. The van der Waals surface area contributed by atoms with Crippen molar-refractivity contribution in [2.24, 2.45) is 0 Å². The summed E-state index contributed by atoms with van der Waals surface area (Å²) in [7, 11) is -3.96. The minimum atomic E-state index is -3.96. The molecule has 0 bridgehead atoms. The average molecular weight is 495 g/mol. The van der Waals surface area contributed by atoms with Crippen molar-refractivity contribution >= 4 is 32.3 Å². The molecule has 11 heteroatoms. The van der Waals surface area contributed by atoms with E-state index in [9.17, 15) is 12.8 Å². The molecule has 5 rings (SSSR count). The van der Waals surface area contributed by atoms with Gasteiger partial charge in [-0.2, -0.15) is 0 Å². The van der Waals surface area contributed by atoms with Crippen molar-refractivity contribution in [3.63, 3.8) is 0 Å². The molecule has 3 aromatic heterocycles. The van der Waals surface area contributed by atoms with Crippen LogP contribution in [0.25, 0.3) is 27.6 Å². The third-order valence-electron chi connectivity index (χ3n) is 5.03. The van der Waals surface area contributed by atoms with Gasteiger partial charge < -0.3 is 5.32 Å². The zero-order valence-corrected chi connectivity index (χ0v) is 19.4. The lowest BCUT2D eigenvalue weighted by Crippen LogP contribution is -2.29. The van der Waals surface area contributed by atoms with Crippen LogP contribution in [0.4, 0.5) is 10.3 Å². The predicted octanol–water partition coefficient (Wildman–Crippen LogP) is 4.05. The van der Waals surface area contributed by atoms with Crippen LogP contribution in [0.5, 0.6) is 0 Å². The van der Waals surface area contributed by atoms with Gasteiger partial charge in [0.2, 0.25) is 16.0 Å². The maximum atomic E-state index is 13.8. The van der Waals surface area contributed by atoms with E-state index in [1.165, 1.54) is 29.5 Å². The lowest BCUT2D eigenvalue weighted by Gasteiger charge is -2.09. The minimum Gasteiger partial charge on any atom is -0.353 e. The summed E-state index contributed by atoms with van der Waals surface area (Å²) in [5, 5.41) is 4.98. The fourth-order valence-electron chi connectivity index (χ4n) is 3.50. The highest BCUT2D eigenvalue weighted by atomic mass is 32.2. The molecule has 34 heavy (non-hydrogen) atoms. The lowest BCUT2D eigenvalue weighted by molar-refractivity contribution is 0.558. The van der Waals surface area contributed by atoms with Gasteiger partial charge in [0.1, 0.15) is 16.4 Å². The van der Waals surface area contributed by atoms with Crippen molar-refractivity contribution in [2.45, 2.75) is 4.90 Å². The number of rotatable bonds is 8. The first-order chi connectivity index (χ1) is 16.5. The summed E-state index contributed by atoms with van der Waals surface area (Å²) in [5.74, 6) is -0.458. The number of fused-ring (bicyclic) bond motifs is 1. The van der Waals surface area contributed by atoms with Crippen molar-refractivity contribution in [3.05, 3.63) is 84.3 Å². The van der Waals surface area contributed by atoms with Gasteiger partial charge in [0.25, 0.3) is 0 Å². The molecule has 0 radical (unpaired) electrons. The van der Waals surface area contributed by atoms with Crippen LogP contribution in [0.3, 0.4) is 0 Å². The molecule has 172 valence electrons. The van der Waals surface area contributed by atoms with E-state index in [-0.39, 0.29) is 18.0 Å². The fourth-order valence-corrected chi connectivity index (χ4v) is 5.33. The van der Waals surface area contributed by atoms with Crippen molar-refractivity contribution in [1.29, 1.82) is 0 Å². The van der Waals surface area contributed by atoms with E-state index in [4.69, 9.17) is 4.98 Å². The molecule has 2 N–H and O–H groups in total. The number of hydrogen-bond acceptors (Lipinski definition) is 7. The number of sulfonamides is 1. The molecule has 0 spiro atoms. The summed E-state index contributed by atoms with van der Waals surface area (Å²) >= 11 is 1.54. The van der Waals surface area contributed by atoms with Crippen LogP contribution < -0.4 is 10.0 Å². The minimum absolute atomic E-state index is 0.0287. The summed E-state index contributed by atoms with van der Waals surface area (Å²) in [6.07, 6.45) is 3.58. The van der Waals surface area contributed by atoms with E-state index < -0.39 is 15.8 Å². The number of hydrogen-bond donors (Lipinski definition) is 2. The van der Waals surface area contributed by atoms with Crippen molar-refractivity contribution < 1.29 is 12.8 Å². The van der Waals surface area contributed by atoms with Gasteiger partial charge in [0.05, 0.1) is 11.4 Å². The fraction of sp³-hybridized carbons (Fsp3) is 0.0870. The molecule has 3 heterocycles. The summed E-state index contributed by atoms with van der Waals surface area (Å²) in [4.78, 5) is 14.1. The van der Waals surface area contributed by atoms with Crippen molar-refractivity contribution in [3.8, 4) is 22.6 Å². The van der Waals surface area contributed by atoms with Gasteiger partial charge in [-0.15, -0.1) is 11.3 Å². The Bertz CT molecular complexity index is 1550. The number of nitrogens with one attached hydrogen (secondary N) is 2. The number of thiazole rings is 1. The van der Waals surface area contributed by atoms with Gasteiger partial charge in [0.15, 0.2) is 4.96 Å². The summed E-state index contributed by atoms with van der Waals surface area (Å²) in [5.41, 5.74) is 3.31. The van der Waals surface area contributed by atoms with E-state index in [0.717, 1.165) is 28.0 Å². The number of halogens is 1. The highest BCUT2D eigenvalue weighted by Crippen LogP contribution is 2.33. The van der Waals surface area contributed by atoms with Crippen LogP contribution >= 0.6 is 11.3 Å². The van der Waals surface area contributed by atoms with Gasteiger partial charge in [-0.25, -0.2) is 32.5 Å². The molecule has 0 saturated heterocycles. The van der Waals surface area contributed by atoms with Crippen LogP contribution in [0.2, 0.25) is 0 Å². The smallest absolute Gasteiger partial charge is 0.243 e. The Morgan fingerprint density at radius 1 is 0.971 bits per heavy atom. The predicted molar refractivity (Wildman–Crippen MR) is 130 cm³/mol. The molecule has 0 aliphatic rings. The summed E-state index contributed by atoms with van der Waals surface area (Å²) < 4.78 is 42.8. The normalized spacial score (nSPS) is 11.7. The second-order valence-electron chi connectivity index (χ2n) is 7.25. The zero-order chi connectivity index (χ0) is 23.5. The molecule has 0 unspecified atom stereocenters. The molecule has 0 aliphatic heterocycles. The molecular formula is C23H19FN6O2S2. The highest BCUT2D eigenvalue weighted by molar-refractivity contribution is 7.89. The summed E-state index contributed by atoms with van der Waals surface area (Å²) in [6.45, 7) is 0.240. The monoisotopic (exact) mass is 494 g/mol. The Labute approximate surface area is 199 Å². The Morgan fingerprint density at radius 3 is 2.59 bits per heavy atom. The SMILES string of the molecule is O=S(=O)(NCCNc1nccc(-c2c(-c3ccccc3)nc3sccn23)n1)c1ccccc1F. The van der Waals surface area contributed by atoms with E-state index in [2.05, 4.69) is 20.0 Å². The third kappa shape index (κ3) is 4.40. The Morgan fingerprint density at radius 2 is 1.76 bits per heavy atom. The number of imidazole rings is 1. The lowest BCUT2D eigenvalue weighted by atomic mass is 10.1. The third-order valence-corrected chi connectivity index (χ3v) is 7.28. The quantitative estimate of drug-likeness (QED) is 0.316.